The number of rotatable bonds is 4. The Kier molecular flexibility index (Phi) is 4.99. The lowest BCUT2D eigenvalue weighted by Gasteiger charge is -2.07. The van der Waals surface area contributed by atoms with Gasteiger partial charge < -0.3 is 5.32 Å². The number of aromatic nitrogens is 2. The van der Waals surface area contributed by atoms with E-state index in [1.165, 1.54) is 23.1 Å². The summed E-state index contributed by atoms with van der Waals surface area (Å²) in [5, 5.41) is 14.4. The number of hydrogen-bond donors (Lipinski definition) is 1. The Morgan fingerprint density at radius 3 is 2.89 bits per heavy atom. The van der Waals surface area contributed by atoms with Crippen molar-refractivity contribution in [2.45, 2.75) is 18.9 Å². The number of carbonyl (C=O) groups excluding carboxylic acids is 1. The first kappa shape index (κ1) is 18.4. The number of anilines is 1. The largest absolute Gasteiger partial charge is 0.301 e. The van der Waals surface area contributed by atoms with Gasteiger partial charge in [0.1, 0.15) is 11.1 Å². The third-order valence-electron chi connectivity index (χ3n) is 4.26. The zero-order valence-electron chi connectivity index (χ0n) is 15.3. The quantitative estimate of drug-likeness (QED) is 0.481. The number of pyridine rings is 1. The van der Waals surface area contributed by atoms with Gasteiger partial charge in [0, 0.05) is 5.39 Å². The number of amides is 1. The second-order valence-electron chi connectivity index (χ2n) is 6.43. The van der Waals surface area contributed by atoms with E-state index in [-0.39, 0.29) is 11.7 Å². The van der Waals surface area contributed by atoms with Crippen LogP contribution in [0.5, 0.6) is 0 Å². The van der Waals surface area contributed by atoms with E-state index < -0.39 is 0 Å². The number of para-hydroxylation sites is 1. The van der Waals surface area contributed by atoms with E-state index in [0.717, 1.165) is 32.2 Å². The highest BCUT2D eigenvalue weighted by atomic mass is 32.2. The summed E-state index contributed by atoms with van der Waals surface area (Å²) < 4.78 is 1.04. The molecule has 7 heteroatoms. The Balaban J connectivity index is 1.51. The van der Waals surface area contributed by atoms with Crippen LogP contribution < -0.4 is 5.32 Å². The lowest BCUT2D eigenvalue weighted by atomic mass is 10.1. The molecule has 0 saturated carbocycles. The molecule has 0 radical (unpaired) electrons. The summed E-state index contributed by atoms with van der Waals surface area (Å²) >= 11 is 2.72. The molecule has 1 amide bonds. The van der Waals surface area contributed by atoms with Crippen molar-refractivity contribution in [3.8, 4) is 6.07 Å². The van der Waals surface area contributed by atoms with Crippen LogP contribution in [0.4, 0.5) is 5.13 Å². The molecule has 2 heterocycles. The van der Waals surface area contributed by atoms with Crippen molar-refractivity contribution >= 4 is 55.3 Å². The van der Waals surface area contributed by atoms with Crippen molar-refractivity contribution < 1.29 is 4.79 Å². The first-order chi connectivity index (χ1) is 13.5. The van der Waals surface area contributed by atoms with Gasteiger partial charge in [-0.25, -0.2) is 9.97 Å². The van der Waals surface area contributed by atoms with Crippen LogP contribution in [0.2, 0.25) is 0 Å². The normalized spacial score (nSPS) is 10.9. The van der Waals surface area contributed by atoms with E-state index in [9.17, 15) is 10.1 Å². The van der Waals surface area contributed by atoms with E-state index in [4.69, 9.17) is 0 Å². The summed E-state index contributed by atoms with van der Waals surface area (Å²) in [4.78, 5) is 21.4. The first-order valence-electron chi connectivity index (χ1n) is 8.64. The second kappa shape index (κ2) is 7.58. The van der Waals surface area contributed by atoms with Crippen LogP contribution in [0.3, 0.4) is 0 Å². The molecule has 0 saturated heterocycles. The van der Waals surface area contributed by atoms with Gasteiger partial charge >= 0.3 is 0 Å². The number of thioether (sulfide) groups is 1. The standard InChI is InChI=1S/C21H16N4OS2/c1-12-6-7-16-17(8-12)28-21(23-16)24-18(26)11-27-20-15(10-22)9-14-5-3-4-13(2)19(14)25-20/h3-9H,11H2,1-2H3,(H,23,24,26). The molecule has 0 unspecified atom stereocenters. The molecule has 1 N–H and O–H groups in total. The van der Waals surface area contributed by atoms with E-state index in [0.29, 0.717) is 15.7 Å². The average molecular weight is 405 g/mol. The number of benzene rings is 2. The number of hydrogen-bond acceptors (Lipinski definition) is 6. The molecule has 0 aliphatic carbocycles. The molecule has 0 spiro atoms. The third kappa shape index (κ3) is 3.70. The molecule has 4 aromatic rings. The van der Waals surface area contributed by atoms with Gasteiger partial charge in [0.15, 0.2) is 5.13 Å². The average Bonchev–Trinajstić information content (AvgIpc) is 3.07. The SMILES string of the molecule is Cc1ccc2nc(NC(=O)CSc3nc4c(C)cccc4cc3C#N)sc2c1. The number of nitrogens with one attached hydrogen (secondary N) is 1. The van der Waals surface area contributed by atoms with Crippen molar-refractivity contribution in [1.29, 1.82) is 5.26 Å². The van der Waals surface area contributed by atoms with Gasteiger partial charge in [-0.05, 0) is 43.2 Å². The zero-order valence-corrected chi connectivity index (χ0v) is 16.9. The molecule has 138 valence electrons. The van der Waals surface area contributed by atoms with Crippen LogP contribution in [0.15, 0.2) is 47.5 Å². The summed E-state index contributed by atoms with van der Waals surface area (Å²) in [7, 11) is 0. The van der Waals surface area contributed by atoms with Crippen molar-refractivity contribution in [3.63, 3.8) is 0 Å². The van der Waals surface area contributed by atoms with Crippen LogP contribution in [-0.2, 0) is 4.79 Å². The van der Waals surface area contributed by atoms with Crippen molar-refractivity contribution in [3.05, 3.63) is 59.2 Å². The molecule has 0 aliphatic rings. The van der Waals surface area contributed by atoms with Gasteiger partial charge in [0.05, 0.1) is 27.0 Å². The Morgan fingerprint density at radius 2 is 2.07 bits per heavy atom. The number of thiazole rings is 1. The van der Waals surface area contributed by atoms with Gasteiger partial charge in [-0.2, -0.15) is 5.26 Å². The van der Waals surface area contributed by atoms with E-state index in [2.05, 4.69) is 27.4 Å². The van der Waals surface area contributed by atoms with Gasteiger partial charge in [-0.3, -0.25) is 4.79 Å². The van der Waals surface area contributed by atoms with E-state index in [1.54, 1.807) is 0 Å². The third-order valence-corrected chi connectivity index (χ3v) is 6.19. The summed E-state index contributed by atoms with van der Waals surface area (Å²) in [6.45, 7) is 4.01. The minimum Gasteiger partial charge on any atom is -0.301 e. The van der Waals surface area contributed by atoms with Crippen LogP contribution in [0, 0.1) is 25.2 Å². The maximum atomic E-state index is 12.4. The van der Waals surface area contributed by atoms with Crippen LogP contribution in [-0.4, -0.2) is 21.6 Å². The molecule has 0 aliphatic heterocycles. The molecule has 2 aromatic heterocycles. The number of carbonyl (C=O) groups is 1. The predicted molar refractivity (Wildman–Crippen MR) is 115 cm³/mol. The number of aryl methyl sites for hydroxylation is 2. The van der Waals surface area contributed by atoms with Crippen LogP contribution >= 0.6 is 23.1 Å². The van der Waals surface area contributed by atoms with Gasteiger partial charge in [0.2, 0.25) is 5.91 Å². The molecule has 2 aromatic carbocycles. The Morgan fingerprint density at radius 1 is 1.21 bits per heavy atom. The Bertz CT molecular complexity index is 1260. The van der Waals surface area contributed by atoms with Crippen LogP contribution in [0.1, 0.15) is 16.7 Å². The fourth-order valence-electron chi connectivity index (χ4n) is 2.89. The topological polar surface area (TPSA) is 78.7 Å². The van der Waals surface area contributed by atoms with Crippen molar-refractivity contribution in [2.24, 2.45) is 0 Å². The maximum Gasteiger partial charge on any atom is 0.236 e. The lowest BCUT2D eigenvalue weighted by molar-refractivity contribution is -0.113. The molecule has 4 rings (SSSR count). The Hall–Kier alpha value is -2.95. The summed E-state index contributed by atoms with van der Waals surface area (Å²) in [5.41, 5.74) is 4.40. The van der Waals surface area contributed by atoms with E-state index >= 15 is 0 Å². The number of nitrogens with zero attached hydrogens (tertiary/aromatic N) is 3. The molecular weight excluding hydrogens is 388 g/mol. The van der Waals surface area contributed by atoms with E-state index in [1.807, 2.05) is 50.2 Å². The zero-order chi connectivity index (χ0) is 19.7. The molecule has 0 atom stereocenters. The fourth-order valence-corrected chi connectivity index (χ4v) is 4.63. The molecule has 0 bridgehead atoms. The number of nitriles is 1. The molecule has 5 nitrogen and oxygen atoms in total. The first-order valence-corrected chi connectivity index (χ1v) is 10.4. The summed E-state index contributed by atoms with van der Waals surface area (Å²) in [5.74, 6) is -0.00931. The molecular formula is C21H16N4OS2. The molecule has 0 fully saturated rings. The van der Waals surface area contributed by atoms with Crippen LogP contribution in [0.25, 0.3) is 21.1 Å². The Labute approximate surface area is 170 Å². The fraction of sp³-hybridized carbons (Fsp3) is 0.143. The highest BCUT2D eigenvalue weighted by Gasteiger charge is 2.13. The lowest BCUT2D eigenvalue weighted by Crippen LogP contribution is -2.14. The van der Waals surface area contributed by atoms with Gasteiger partial charge in [0.25, 0.3) is 0 Å². The number of fused-ring (bicyclic) bond motifs is 2. The van der Waals surface area contributed by atoms with Gasteiger partial charge in [-0.1, -0.05) is 47.4 Å². The van der Waals surface area contributed by atoms with Crippen molar-refractivity contribution in [2.75, 3.05) is 11.1 Å². The smallest absolute Gasteiger partial charge is 0.236 e. The predicted octanol–water partition coefficient (Wildman–Crippen LogP) is 5.06. The minimum atomic E-state index is -0.170. The second-order valence-corrected chi connectivity index (χ2v) is 8.42. The highest BCUT2D eigenvalue weighted by Crippen LogP contribution is 2.28. The minimum absolute atomic E-state index is 0.161. The van der Waals surface area contributed by atoms with Crippen molar-refractivity contribution in [1.82, 2.24) is 9.97 Å². The molecule has 28 heavy (non-hydrogen) atoms. The summed E-state index contributed by atoms with van der Waals surface area (Å²) in [6, 6.07) is 15.9. The monoisotopic (exact) mass is 404 g/mol. The van der Waals surface area contributed by atoms with Gasteiger partial charge in [-0.15, -0.1) is 0 Å². The summed E-state index contributed by atoms with van der Waals surface area (Å²) in [6.07, 6.45) is 0. The highest BCUT2D eigenvalue weighted by molar-refractivity contribution is 8.00. The maximum absolute atomic E-state index is 12.4.